The van der Waals surface area contributed by atoms with Crippen molar-refractivity contribution in [1.82, 2.24) is 9.88 Å². The molecule has 2 amide bonds. The molecule has 0 aliphatic heterocycles. The minimum Gasteiger partial charge on any atom is -0.387 e. The highest BCUT2D eigenvalue weighted by Gasteiger charge is 2.16. The molecule has 1 heterocycles. The molecule has 0 aliphatic rings. The molecule has 4 N–H and O–H groups in total. The minimum atomic E-state index is -0.923. The lowest BCUT2D eigenvalue weighted by Gasteiger charge is -2.13. The number of nitrogens with one attached hydrogen (secondary N) is 1. The van der Waals surface area contributed by atoms with E-state index in [2.05, 4.69) is 5.32 Å². The largest absolute Gasteiger partial charge is 0.387 e. The third-order valence-corrected chi connectivity index (χ3v) is 3.59. The molecule has 2 rings (SSSR count). The summed E-state index contributed by atoms with van der Waals surface area (Å²) < 4.78 is 1.50. The van der Waals surface area contributed by atoms with Crippen molar-refractivity contribution in [3.05, 3.63) is 58.4 Å². The maximum atomic E-state index is 12.1. The first-order valence-electron chi connectivity index (χ1n) is 6.57. The SMILES string of the molecule is Cn1cc(C(N)=O)cc1C(=O)NCC(O)c1ccccc1Cl. The van der Waals surface area contributed by atoms with Gasteiger partial charge in [-0.15, -0.1) is 0 Å². The zero-order valence-corrected chi connectivity index (χ0v) is 12.7. The number of primary amides is 1. The molecule has 0 aliphatic carbocycles. The Morgan fingerprint density at radius 3 is 2.68 bits per heavy atom. The van der Waals surface area contributed by atoms with Crippen LogP contribution < -0.4 is 11.1 Å². The highest BCUT2D eigenvalue weighted by molar-refractivity contribution is 6.31. The third kappa shape index (κ3) is 3.47. The standard InChI is InChI=1S/C15H16ClN3O3/c1-19-8-9(14(17)21)6-12(19)15(22)18-7-13(20)10-4-2-3-5-11(10)16/h2-6,8,13,20H,7H2,1H3,(H2,17,21)(H,18,22). The van der Waals surface area contributed by atoms with Gasteiger partial charge in [0, 0.05) is 30.4 Å². The van der Waals surface area contributed by atoms with Gasteiger partial charge in [-0.05, 0) is 12.1 Å². The summed E-state index contributed by atoms with van der Waals surface area (Å²) in [5.74, 6) is -1.02. The number of hydrogen-bond donors (Lipinski definition) is 3. The predicted molar refractivity (Wildman–Crippen MR) is 82.7 cm³/mol. The van der Waals surface area contributed by atoms with Crippen LogP contribution in [0.25, 0.3) is 0 Å². The number of benzene rings is 1. The molecule has 1 aromatic heterocycles. The topological polar surface area (TPSA) is 97.4 Å². The van der Waals surface area contributed by atoms with Gasteiger partial charge in [-0.2, -0.15) is 0 Å². The lowest BCUT2D eigenvalue weighted by Crippen LogP contribution is -2.29. The maximum absolute atomic E-state index is 12.1. The molecule has 1 atom stereocenters. The number of aromatic nitrogens is 1. The number of amides is 2. The van der Waals surface area contributed by atoms with Crippen LogP contribution in [0.15, 0.2) is 36.5 Å². The molecule has 6 nitrogen and oxygen atoms in total. The Morgan fingerprint density at radius 2 is 2.09 bits per heavy atom. The number of rotatable bonds is 5. The van der Waals surface area contributed by atoms with Crippen molar-refractivity contribution < 1.29 is 14.7 Å². The average Bonchev–Trinajstić information content (AvgIpc) is 2.87. The Hall–Kier alpha value is -2.31. The van der Waals surface area contributed by atoms with Crippen molar-refractivity contribution >= 4 is 23.4 Å². The molecule has 1 unspecified atom stereocenters. The molecule has 0 saturated heterocycles. The van der Waals surface area contributed by atoms with Gasteiger partial charge in [0.05, 0.1) is 11.7 Å². The number of carbonyl (C=O) groups excluding carboxylic acids is 2. The minimum absolute atomic E-state index is 0.000346. The Labute approximate surface area is 132 Å². The molecule has 7 heteroatoms. The number of carbonyl (C=O) groups is 2. The highest BCUT2D eigenvalue weighted by atomic mass is 35.5. The van der Waals surface area contributed by atoms with Crippen LogP contribution in [0.5, 0.6) is 0 Å². The fourth-order valence-corrected chi connectivity index (χ4v) is 2.32. The molecule has 22 heavy (non-hydrogen) atoms. The van der Waals surface area contributed by atoms with E-state index in [1.807, 2.05) is 0 Å². The molecule has 1 aromatic carbocycles. The zero-order valence-electron chi connectivity index (χ0n) is 11.9. The lowest BCUT2D eigenvalue weighted by molar-refractivity contribution is 0.0908. The van der Waals surface area contributed by atoms with E-state index >= 15 is 0 Å². The predicted octanol–water partition coefficient (Wildman–Crippen LogP) is 1.24. The summed E-state index contributed by atoms with van der Waals surface area (Å²) in [4.78, 5) is 23.2. The first-order valence-corrected chi connectivity index (χ1v) is 6.94. The van der Waals surface area contributed by atoms with Gasteiger partial charge in [-0.3, -0.25) is 9.59 Å². The van der Waals surface area contributed by atoms with Crippen molar-refractivity contribution in [3.63, 3.8) is 0 Å². The summed E-state index contributed by atoms with van der Waals surface area (Å²) in [5, 5.41) is 13.1. The fourth-order valence-electron chi connectivity index (χ4n) is 2.06. The third-order valence-electron chi connectivity index (χ3n) is 3.24. The summed E-state index contributed by atoms with van der Waals surface area (Å²) >= 11 is 5.99. The molecule has 0 bridgehead atoms. The molecule has 0 spiro atoms. The van der Waals surface area contributed by atoms with Gasteiger partial charge in [-0.1, -0.05) is 29.8 Å². The van der Waals surface area contributed by atoms with E-state index in [1.54, 1.807) is 31.3 Å². The Kier molecular flexibility index (Phi) is 4.85. The molecular weight excluding hydrogens is 306 g/mol. The summed E-state index contributed by atoms with van der Waals surface area (Å²) in [6, 6.07) is 8.26. The van der Waals surface area contributed by atoms with Crippen LogP contribution in [0, 0.1) is 0 Å². The molecule has 116 valence electrons. The quantitative estimate of drug-likeness (QED) is 0.773. The maximum Gasteiger partial charge on any atom is 0.268 e. The van der Waals surface area contributed by atoms with Crippen molar-refractivity contribution in [2.45, 2.75) is 6.10 Å². The van der Waals surface area contributed by atoms with Crippen molar-refractivity contribution in [1.29, 1.82) is 0 Å². The van der Waals surface area contributed by atoms with Crippen LogP contribution in [-0.4, -0.2) is 28.0 Å². The van der Waals surface area contributed by atoms with Crippen LogP contribution >= 0.6 is 11.6 Å². The monoisotopic (exact) mass is 321 g/mol. The number of nitrogens with two attached hydrogens (primary N) is 1. The van der Waals surface area contributed by atoms with Crippen molar-refractivity contribution in [2.24, 2.45) is 12.8 Å². The second-order valence-corrected chi connectivity index (χ2v) is 5.24. The van der Waals surface area contributed by atoms with Crippen molar-refractivity contribution in [2.75, 3.05) is 6.54 Å². The van der Waals surface area contributed by atoms with Gasteiger partial charge in [0.2, 0.25) is 5.91 Å². The van der Waals surface area contributed by atoms with Crippen LogP contribution in [0.2, 0.25) is 5.02 Å². The summed E-state index contributed by atoms with van der Waals surface area (Å²) in [6.45, 7) is -0.000346. The Bertz CT molecular complexity index is 712. The van der Waals surface area contributed by atoms with Gasteiger partial charge in [-0.25, -0.2) is 0 Å². The van der Waals surface area contributed by atoms with E-state index < -0.39 is 17.9 Å². The first kappa shape index (κ1) is 16.1. The van der Waals surface area contributed by atoms with Gasteiger partial charge in [0.15, 0.2) is 0 Å². The smallest absolute Gasteiger partial charge is 0.268 e. The summed E-state index contributed by atoms with van der Waals surface area (Å²) in [7, 11) is 1.63. The van der Waals surface area contributed by atoms with Gasteiger partial charge in [0.25, 0.3) is 5.91 Å². The molecule has 0 fully saturated rings. The van der Waals surface area contributed by atoms with E-state index in [1.165, 1.54) is 16.8 Å². The van der Waals surface area contributed by atoms with Crippen LogP contribution in [0.4, 0.5) is 0 Å². The second-order valence-electron chi connectivity index (χ2n) is 4.84. The Balaban J connectivity index is 2.04. The zero-order chi connectivity index (χ0) is 16.3. The van der Waals surface area contributed by atoms with Crippen LogP contribution in [-0.2, 0) is 7.05 Å². The number of halogens is 1. The normalized spacial score (nSPS) is 12.0. The molecule has 0 radical (unpaired) electrons. The van der Waals surface area contributed by atoms with E-state index in [0.717, 1.165) is 0 Å². The van der Waals surface area contributed by atoms with E-state index in [0.29, 0.717) is 10.6 Å². The molecule has 0 saturated carbocycles. The number of aliphatic hydroxyl groups is 1. The van der Waals surface area contributed by atoms with Gasteiger partial charge in [0.1, 0.15) is 5.69 Å². The second kappa shape index (κ2) is 6.64. The summed E-state index contributed by atoms with van der Waals surface area (Å²) in [5.41, 5.74) is 6.24. The van der Waals surface area contributed by atoms with E-state index in [9.17, 15) is 14.7 Å². The van der Waals surface area contributed by atoms with Crippen LogP contribution in [0.3, 0.4) is 0 Å². The summed E-state index contributed by atoms with van der Waals surface area (Å²) in [6.07, 6.45) is 0.551. The first-order chi connectivity index (χ1) is 10.4. The molecule has 2 aromatic rings. The average molecular weight is 322 g/mol. The number of hydrogen-bond acceptors (Lipinski definition) is 3. The number of nitrogens with zero attached hydrogens (tertiary/aromatic N) is 1. The van der Waals surface area contributed by atoms with E-state index in [-0.39, 0.29) is 17.8 Å². The number of aryl methyl sites for hydroxylation is 1. The van der Waals surface area contributed by atoms with Crippen LogP contribution in [0.1, 0.15) is 32.5 Å². The molecular formula is C15H16ClN3O3. The van der Waals surface area contributed by atoms with Gasteiger partial charge < -0.3 is 20.7 Å². The lowest BCUT2D eigenvalue weighted by atomic mass is 10.1. The van der Waals surface area contributed by atoms with E-state index in [4.69, 9.17) is 17.3 Å². The van der Waals surface area contributed by atoms with Crippen molar-refractivity contribution in [3.8, 4) is 0 Å². The number of aliphatic hydroxyl groups excluding tert-OH is 1. The fraction of sp³-hybridized carbons (Fsp3) is 0.200. The highest BCUT2D eigenvalue weighted by Crippen LogP contribution is 2.21. The van der Waals surface area contributed by atoms with Gasteiger partial charge >= 0.3 is 0 Å². The Morgan fingerprint density at radius 1 is 1.41 bits per heavy atom.